The average Bonchev–Trinajstić information content (AvgIpc) is 3.45. The van der Waals surface area contributed by atoms with E-state index in [9.17, 15) is 0 Å². The second-order valence-electron chi connectivity index (χ2n) is 10.4. The highest BCUT2D eigenvalue weighted by Crippen LogP contribution is 2.41. The molecule has 6 aromatic carbocycles. The van der Waals surface area contributed by atoms with E-state index in [1.165, 1.54) is 48.5 Å². The van der Waals surface area contributed by atoms with Crippen molar-refractivity contribution in [2.45, 2.75) is 0 Å². The lowest BCUT2D eigenvalue weighted by molar-refractivity contribution is 1.21. The number of pyridine rings is 1. The van der Waals surface area contributed by atoms with E-state index in [1.807, 2.05) is 0 Å². The van der Waals surface area contributed by atoms with Crippen LogP contribution in [0.15, 0.2) is 158 Å². The number of hydrogen-bond acceptors (Lipinski definition) is 3. The van der Waals surface area contributed by atoms with Gasteiger partial charge in [-0.3, -0.25) is 4.90 Å². The Morgan fingerprint density at radius 1 is 0.429 bits per heavy atom. The van der Waals surface area contributed by atoms with Crippen molar-refractivity contribution in [2.75, 3.05) is 4.90 Å². The number of aromatic nitrogens is 1. The van der Waals surface area contributed by atoms with Crippen molar-refractivity contribution in [3.63, 3.8) is 0 Å². The van der Waals surface area contributed by atoms with E-state index in [-0.39, 0.29) is 0 Å². The number of rotatable bonds is 5. The first-order valence-corrected chi connectivity index (χ1v) is 15.0. The van der Waals surface area contributed by atoms with Crippen molar-refractivity contribution in [3.05, 3.63) is 158 Å². The van der Waals surface area contributed by atoms with Crippen molar-refractivity contribution < 1.29 is 0 Å². The number of fused-ring (bicyclic) bond motifs is 5. The standard InChI is InChI=1S/C39H26N2S/c1-3-9-27(10-4-1)29-15-20-32(21-16-29)41(33-22-17-30(18-23-33)28-11-5-2-6-12-28)37-26-24-35-38-34-14-8-7-13-31(34)19-25-36(38)42-39(35)40-37/h1-26H. The van der Waals surface area contributed by atoms with Crippen LogP contribution in [0.4, 0.5) is 17.2 Å². The summed E-state index contributed by atoms with van der Waals surface area (Å²) in [5, 5.41) is 5.03. The van der Waals surface area contributed by atoms with Crippen LogP contribution >= 0.6 is 11.3 Å². The Bertz CT molecular complexity index is 2080. The molecule has 0 amide bonds. The van der Waals surface area contributed by atoms with Gasteiger partial charge in [-0.2, -0.15) is 0 Å². The summed E-state index contributed by atoms with van der Waals surface area (Å²) in [6.45, 7) is 0. The molecule has 0 N–H and O–H groups in total. The van der Waals surface area contributed by atoms with Gasteiger partial charge in [-0.1, -0.05) is 115 Å². The van der Waals surface area contributed by atoms with E-state index < -0.39 is 0 Å². The first-order valence-electron chi connectivity index (χ1n) is 14.1. The number of nitrogens with zero attached hydrogens (tertiary/aromatic N) is 2. The maximum absolute atomic E-state index is 5.28. The van der Waals surface area contributed by atoms with Crippen molar-refractivity contribution in [3.8, 4) is 22.3 Å². The predicted molar refractivity (Wildman–Crippen MR) is 180 cm³/mol. The molecule has 3 heteroatoms. The molecule has 0 radical (unpaired) electrons. The largest absolute Gasteiger partial charge is 0.295 e. The fourth-order valence-electron chi connectivity index (χ4n) is 5.82. The summed E-state index contributed by atoms with van der Waals surface area (Å²) >= 11 is 1.76. The van der Waals surface area contributed by atoms with Gasteiger partial charge in [0.2, 0.25) is 0 Å². The van der Waals surface area contributed by atoms with Gasteiger partial charge in [0, 0.05) is 26.8 Å². The molecule has 0 aliphatic heterocycles. The van der Waals surface area contributed by atoms with Gasteiger partial charge in [0.25, 0.3) is 0 Å². The summed E-state index contributed by atoms with van der Waals surface area (Å²) in [4.78, 5) is 8.58. The minimum absolute atomic E-state index is 0.901. The van der Waals surface area contributed by atoms with Crippen LogP contribution in [0.1, 0.15) is 0 Å². The lowest BCUT2D eigenvalue weighted by Gasteiger charge is -2.25. The second kappa shape index (κ2) is 10.3. The first kappa shape index (κ1) is 24.5. The highest BCUT2D eigenvalue weighted by molar-refractivity contribution is 7.25. The fourth-order valence-corrected chi connectivity index (χ4v) is 6.91. The zero-order chi connectivity index (χ0) is 27.9. The highest BCUT2D eigenvalue weighted by atomic mass is 32.1. The Kier molecular flexibility index (Phi) is 6.02. The molecule has 8 rings (SSSR count). The maximum atomic E-state index is 5.28. The van der Waals surface area contributed by atoms with Crippen LogP contribution < -0.4 is 4.90 Å². The number of anilines is 3. The molecular weight excluding hydrogens is 529 g/mol. The van der Waals surface area contributed by atoms with Gasteiger partial charge in [0.15, 0.2) is 0 Å². The monoisotopic (exact) mass is 554 g/mol. The maximum Gasteiger partial charge on any atom is 0.139 e. The predicted octanol–water partition coefficient (Wildman–Crippen LogP) is 11.4. The van der Waals surface area contributed by atoms with E-state index in [1.54, 1.807) is 11.3 Å². The van der Waals surface area contributed by atoms with E-state index in [4.69, 9.17) is 4.98 Å². The summed E-state index contributed by atoms with van der Waals surface area (Å²) in [5.74, 6) is 0.901. The van der Waals surface area contributed by atoms with E-state index in [2.05, 4.69) is 163 Å². The van der Waals surface area contributed by atoms with Crippen LogP contribution in [0.3, 0.4) is 0 Å². The molecule has 0 unspecified atom stereocenters. The molecule has 0 spiro atoms. The molecule has 0 saturated carbocycles. The number of benzene rings is 6. The first-order chi connectivity index (χ1) is 20.8. The van der Waals surface area contributed by atoms with E-state index in [0.29, 0.717) is 0 Å². The average molecular weight is 555 g/mol. The molecule has 2 aromatic heterocycles. The van der Waals surface area contributed by atoms with Crippen molar-refractivity contribution in [1.82, 2.24) is 4.98 Å². The van der Waals surface area contributed by atoms with Crippen molar-refractivity contribution in [1.29, 1.82) is 0 Å². The minimum atomic E-state index is 0.901. The summed E-state index contributed by atoms with van der Waals surface area (Å²) in [6.07, 6.45) is 0. The van der Waals surface area contributed by atoms with Crippen LogP contribution in [0, 0.1) is 0 Å². The topological polar surface area (TPSA) is 16.1 Å². The third-order valence-electron chi connectivity index (χ3n) is 7.91. The lowest BCUT2D eigenvalue weighted by atomic mass is 10.0. The molecular formula is C39H26N2S. The van der Waals surface area contributed by atoms with Gasteiger partial charge in [-0.25, -0.2) is 4.98 Å². The SMILES string of the molecule is c1ccc(-c2ccc(N(c3ccc(-c4ccccc4)cc3)c3ccc4c(n3)sc3ccc5ccccc5c34)cc2)cc1. The fraction of sp³-hybridized carbons (Fsp3) is 0. The molecule has 0 bridgehead atoms. The highest BCUT2D eigenvalue weighted by Gasteiger charge is 2.17. The normalized spacial score (nSPS) is 11.3. The summed E-state index contributed by atoms with van der Waals surface area (Å²) in [7, 11) is 0. The Hall–Kier alpha value is -5.25. The number of hydrogen-bond donors (Lipinski definition) is 0. The molecule has 0 aliphatic rings. The van der Waals surface area contributed by atoms with Crippen LogP contribution in [0.25, 0.3) is 53.3 Å². The second-order valence-corrected chi connectivity index (χ2v) is 11.5. The van der Waals surface area contributed by atoms with Gasteiger partial charge in [0.05, 0.1) is 0 Å². The molecule has 0 aliphatic carbocycles. The Morgan fingerprint density at radius 3 is 1.60 bits per heavy atom. The van der Waals surface area contributed by atoms with Crippen molar-refractivity contribution in [2.24, 2.45) is 0 Å². The molecule has 0 saturated heterocycles. The molecule has 2 heterocycles. The van der Waals surface area contributed by atoms with Crippen LogP contribution in [0.2, 0.25) is 0 Å². The molecule has 0 atom stereocenters. The third-order valence-corrected chi connectivity index (χ3v) is 8.97. The summed E-state index contributed by atoms with van der Waals surface area (Å²) in [5.41, 5.74) is 6.94. The third kappa shape index (κ3) is 4.32. The summed E-state index contributed by atoms with van der Waals surface area (Å²) in [6, 6.07) is 56.0. The van der Waals surface area contributed by atoms with Gasteiger partial charge < -0.3 is 0 Å². The zero-order valence-electron chi connectivity index (χ0n) is 22.8. The lowest BCUT2D eigenvalue weighted by Crippen LogP contribution is -2.11. The minimum Gasteiger partial charge on any atom is -0.295 e. The quantitative estimate of drug-likeness (QED) is 0.210. The molecule has 0 fully saturated rings. The van der Waals surface area contributed by atoms with E-state index >= 15 is 0 Å². The summed E-state index contributed by atoms with van der Waals surface area (Å²) < 4.78 is 1.26. The van der Waals surface area contributed by atoms with Crippen LogP contribution in [0.5, 0.6) is 0 Å². The van der Waals surface area contributed by atoms with Crippen molar-refractivity contribution >= 4 is 59.6 Å². The van der Waals surface area contributed by atoms with Gasteiger partial charge in [-0.15, -0.1) is 11.3 Å². The van der Waals surface area contributed by atoms with Gasteiger partial charge in [0.1, 0.15) is 10.6 Å². The van der Waals surface area contributed by atoms with Gasteiger partial charge in [-0.05, 0) is 75.5 Å². The van der Waals surface area contributed by atoms with Gasteiger partial charge >= 0.3 is 0 Å². The zero-order valence-corrected chi connectivity index (χ0v) is 23.6. The molecule has 42 heavy (non-hydrogen) atoms. The Morgan fingerprint density at radius 2 is 0.976 bits per heavy atom. The molecule has 8 aromatic rings. The number of thiophene rings is 1. The van der Waals surface area contributed by atoms with Crippen LogP contribution in [-0.2, 0) is 0 Å². The molecule has 2 nitrogen and oxygen atoms in total. The Balaban J connectivity index is 1.26. The Labute approximate surface area is 248 Å². The smallest absolute Gasteiger partial charge is 0.139 e. The molecule has 198 valence electrons. The van der Waals surface area contributed by atoms with E-state index in [0.717, 1.165) is 22.0 Å². The van der Waals surface area contributed by atoms with Crippen LogP contribution in [-0.4, -0.2) is 4.98 Å².